The second-order valence-corrected chi connectivity index (χ2v) is 3.68. The van der Waals surface area contributed by atoms with E-state index in [4.69, 9.17) is 5.84 Å². The van der Waals surface area contributed by atoms with Crippen molar-refractivity contribution in [1.82, 2.24) is 4.98 Å². The first kappa shape index (κ1) is 11.2. The van der Waals surface area contributed by atoms with Crippen molar-refractivity contribution in [3.05, 3.63) is 17.7 Å². The summed E-state index contributed by atoms with van der Waals surface area (Å²) in [5.74, 6) is 4.18. The molecule has 0 aliphatic heterocycles. The highest BCUT2D eigenvalue weighted by Gasteiger charge is 2.10. The number of pyridine rings is 1. The van der Waals surface area contributed by atoms with E-state index in [1.807, 2.05) is 6.92 Å². The molecular formula is C8H11F2N3S. The summed E-state index contributed by atoms with van der Waals surface area (Å²) in [5.41, 5.74) is 2.07. The standard InChI is InChI=1S/C8H11F2N3S/c1-2-3-14-8-6(10)4-5(9)7(12-8)13-11/h4H,2-3,11H2,1H3,(H,12,13). The first-order valence-corrected chi connectivity index (χ1v) is 5.13. The molecule has 3 N–H and O–H groups in total. The number of nitrogen functional groups attached to an aromatic ring is 1. The summed E-state index contributed by atoms with van der Waals surface area (Å²) in [6.45, 7) is 1.97. The molecule has 0 aliphatic carbocycles. The van der Waals surface area contributed by atoms with Crippen molar-refractivity contribution in [1.29, 1.82) is 0 Å². The molecule has 6 heteroatoms. The van der Waals surface area contributed by atoms with E-state index in [0.717, 1.165) is 18.2 Å². The smallest absolute Gasteiger partial charge is 0.177 e. The molecule has 0 radical (unpaired) electrons. The third-order valence-corrected chi connectivity index (χ3v) is 2.65. The summed E-state index contributed by atoms with van der Waals surface area (Å²) in [5, 5.41) is 0.168. The average molecular weight is 219 g/mol. The zero-order valence-corrected chi connectivity index (χ0v) is 8.50. The Morgan fingerprint density at radius 2 is 2.21 bits per heavy atom. The summed E-state index contributed by atoms with van der Waals surface area (Å²) >= 11 is 1.24. The zero-order valence-electron chi connectivity index (χ0n) is 7.68. The van der Waals surface area contributed by atoms with Crippen molar-refractivity contribution >= 4 is 17.6 Å². The number of hydrazine groups is 1. The van der Waals surface area contributed by atoms with E-state index in [1.54, 1.807) is 0 Å². The number of hydrogen-bond acceptors (Lipinski definition) is 4. The van der Waals surface area contributed by atoms with Gasteiger partial charge in [0.2, 0.25) is 0 Å². The Morgan fingerprint density at radius 1 is 1.50 bits per heavy atom. The fraction of sp³-hybridized carbons (Fsp3) is 0.375. The number of anilines is 1. The monoisotopic (exact) mass is 219 g/mol. The zero-order chi connectivity index (χ0) is 10.6. The molecule has 1 rings (SSSR count). The molecule has 0 fully saturated rings. The van der Waals surface area contributed by atoms with Crippen LogP contribution in [0.5, 0.6) is 0 Å². The highest BCUT2D eigenvalue weighted by Crippen LogP contribution is 2.23. The van der Waals surface area contributed by atoms with Crippen LogP contribution in [0.25, 0.3) is 0 Å². The second-order valence-electron chi connectivity index (χ2n) is 2.60. The maximum absolute atomic E-state index is 13.1. The minimum Gasteiger partial charge on any atom is -0.306 e. The van der Waals surface area contributed by atoms with Crippen molar-refractivity contribution in [3.8, 4) is 0 Å². The van der Waals surface area contributed by atoms with E-state index in [0.29, 0.717) is 0 Å². The first-order valence-electron chi connectivity index (χ1n) is 4.14. The molecule has 1 aromatic rings. The number of hydrogen-bond donors (Lipinski definition) is 2. The Labute approximate surface area is 85.1 Å². The van der Waals surface area contributed by atoms with Gasteiger partial charge in [-0.1, -0.05) is 6.92 Å². The van der Waals surface area contributed by atoms with Gasteiger partial charge in [-0.2, -0.15) is 0 Å². The summed E-state index contributed by atoms with van der Waals surface area (Å²) in [4.78, 5) is 3.70. The second kappa shape index (κ2) is 5.11. The summed E-state index contributed by atoms with van der Waals surface area (Å²) in [6.07, 6.45) is 0.897. The minimum atomic E-state index is -0.786. The number of aromatic nitrogens is 1. The molecule has 0 amide bonds. The Morgan fingerprint density at radius 3 is 2.79 bits per heavy atom. The molecule has 0 unspecified atom stereocenters. The van der Waals surface area contributed by atoms with Gasteiger partial charge in [-0.15, -0.1) is 11.8 Å². The van der Waals surface area contributed by atoms with Gasteiger partial charge in [0.15, 0.2) is 17.5 Å². The van der Waals surface area contributed by atoms with Gasteiger partial charge in [-0.05, 0) is 12.2 Å². The van der Waals surface area contributed by atoms with Crippen LogP contribution in [0.4, 0.5) is 14.6 Å². The highest BCUT2D eigenvalue weighted by atomic mass is 32.2. The van der Waals surface area contributed by atoms with Gasteiger partial charge < -0.3 is 5.43 Å². The van der Waals surface area contributed by atoms with Crippen LogP contribution in [0.2, 0.25) is 0 Å². The van der Waals surface area contributed by atoms with E-state index < -0.39 is 11.6 Å². The topological polar surface area (TPSA) is 50.9 Å². The lowest BCUT2D eigenvalue weighted by Gasteiger charge is -2.05. The quantitative estimate of drug-likeness (QED) is 0.463. The van der Waals surface area contributed by atoms with Gasteiger partial charge in [-0.25, -0.2) is 19.6 Å². The third-order valence-electron chi connectivity index (χ3n) is 1.48. The maximum atomic E-state index is 13.1. The number of nitrogens with two attached hydrogens (primary N) is 1. The lowest BCUT2D eigenvalue weighted by molar-refractivity contribution is 0.551. The number of thioether (sulfide) groups is 1. The summed E-state index contributed by atoms with van der Waals surface area (Å²) in [6, 6.07) is 0.778. The van der Waals surface area contributed by atoms with E-state index in [-0.39, 0.29) is 10.8 Å². The molecule has 14 heavy (non-hydrogen) atoms. The van der Waals surface area contributed by atoms with Crippen LogP contribution in [0.1, 0.15) is 13.3 Å². The SMILES string of the molecule is CCCSc1nc(NN)c(F)cc1F. The van der Waals surface area contributed by atoms with Crippen LogP contribution < -0.4 is 11.3 Å². The highest BCUT2D eigenvalue weighted by molar-refractivity contribution is 7.99. The Balaban J connectivity index is 2.92. The van der Waals surface area contributed by atoms with Gasteiger partial charge in [0.05, 0.1) is 0 Å². The van der Waals surface area contributed by atoms with Crippen LogP contribution in [-0.2, 0) is 0 Å². The van der Waals surface area contributed by atoms with Gasteiger partial charge in [0, 0.05) is 6.07 Å². The van der Waals surface area contributed by atoms with Crippen molar-refractivity contribution in [3.63, 3.8) is 0 Å². The van der Waals surface area contributed by atoms with Crippen molar-refractivity contribution in [2.75, 3.05) is 11.2 Å². The van der Waals surface area contributed by atoms with Gasteiger partial charge in [0.25, 0.3) is 0 Å². The van der Waals surface area contributed by atoms with Crippen LogP contribution in [0, 0.1) is 11.6 Å². The van der Waals surface area contributed by atoms with Gasteiger partial charge in [-0.3, -0.25) is 0 Å². The number of nitrogens with one attached hydrogen (secondary N) is 1. The van der Waals surface area contributed by atoms with Crippen LogP contribution in [0.3, 0.4) is 0 Å². The summed E-state index contributed by atoms with van der Waals surface area (Å²) in [7, 11) is 0. The first-order chi connectivity index (χ1) is 6.69. The van der Waals surface area contributed by atoms with E-state index in [1.165, 1.54) is 11.8 Å². The predicted molar refractivity (Wildman–Crippen MR) is 53.0 cm³/mol. The Kier molecular flexibility index (Phi) is 4.09. The van der Waals surface area contributed by atoms with E-state index >= 15 is 0 Å². The molecule has 0 spiro atoms. The summed E-state index contributed by atoms with van der Waals surface area (Å²) < 4.78 is 26.0. The lowest BCUT2D eigenvalue weighted by atomic mass is 10.4. The maximum Gasteiger partial charge on any atom is 0.177 e. The number of nitrogens with zero attached hydrogens (tertiary/aromatic N) is 1. The lowest BCUT2D eigenvalue weighted by Crippen LogP contribution is -2.11. The number of halogens is 2. The molecule has 0 saturated carbocycles. The molecule has 0 atom stereocenters. The molecule has 0 bridgehead atoms. The van der Waals surface area contributed by atoms with Gasteiger partial charge in [0.1, 0.15) is 5.03 Å². The van der Waals surface area contributed by atoms with Crippen LogP contribution >= 0.6 is 11.8 Å². The van der Waals surface area contributed by atoms with Gasteiger partial charge >= 0.3 is 0 Å². The van der Waals surface area contributed by atoms with Crippen molar-refractivity contribution < 1.29 is 8.78 Å². The molecule has 78 valence electrons. The third kappa shape index (κ3) is 2.55. The largest absolute Gasteiger partial charge is 0.306 e. The molecular weight excluding hydrogens is 208 g/mol. The number of rotatable bonds is 4. The average Bonchev–Trinajstić information content (AvgIpc) is 2.17. The molecule has 0 saturated heterocycles. The molecule has 0 aromatic carbocycles. The fourth-order valence-electron chi connectivity index (χ4n) is 0.851. The molecule has 1 heterocycles. The van der Waals surface area contributed by atoms with Crippen molar-refractivity contribution in [2.24, 2.45) is 5.84 Å². The molecule has 3 nitrogen and oxygen atoms in total. The normalized spacial score (nSPS) is 10.3. The predicted octanol–water partition coefficient (Wildman–Crippen LogP) is 2.15. The van der Waals surface area contributed by atoms with Crippen molar-refractivity contribution in [2.45, 2.75) is 18.4 Å². The minimum absolute atomic E-state index is 0.134. The Hall–Kier alpha value is -0.880. The molecule has 0 aliphatic rings. The molecule has 1 aromatic heterocycles. The fourth-order valence-corrected chi connectivity index (χ4v) is 1.60. The van der Waals surface area contributed by atoms with Crippen LogP contribution in [-0.4, -0.2) is 10.7 Å². The Bertz CT molecular complexity index is 320. The van der Waals surface area contributed by atoms with E-state index in [2.05, 4.69) is 10.4 Å². The van der Waals surface area contributed by atoms with E-state index in [9.17, 15) is 8.78 Å². The van der Waals surface area contributed by atoms with Crippen LogP contribution in [0.15, 0.2) is 11.1 Å².